The SMILES string of the molecule is C=CCN(C)c1nc(CNCC)co1. The van der Waals surface area contributed by atoms with Crippen LogP contribution >= 0.6 is 0 Å². The fourth-order valence-corrected chi connectivity index (χ4v) is 1.08. The summed E-state index contributed by atoms with van der Waals surface area (Å²) in [5, 5.41) is 3.19. The lowest BCUT2D eigenvalue weighted by Crippen LogP contribution is -2.17. The van der Waals surface area contributed by atoms with Crippen molar-refractivity contribution in [1.82, 2.24) is 10.3 Å². The van der Waals surface area contributed by atoms with Gasteiger partial charge in [-0.3, -0.25) is 0 Å². The molecule has 0 atom stereocenters. The second kappa shape index (κ2) is 5.44. The van der Waals surface area contributed by atoms with E-state index in [1.807, 2.05) is 18.0 Å². The van der Waals surface area contributed by atoms with Gasteiger partial charge in [0.1, 0.15) is 6.26 Å². The molecule has 0 amide bonds. The lowest BCUT2D eigenvalue weighted by Gasteiger charge is -2.10. The van der Waals surface area contributed by atoms with Crippen LogP contribution in [-0.2, 0) is 6.54 Å². The zero-order valence-electron chi connectivity index (χ0n) is 8.79. The minimum atomic E-state index is 0.637. The summed E-state index contributed by atoms with van der Waals surface area (Å²) < 4.78 is 5.30. The third-order valence-electron chi connectivity index (χ3n) is 1.83. The van der Waals surface area contributed by atoms with Crippen LogP contribution in [0.15, 0.2) is 23.3 Å². The molecule has 0 aliphatic rings. The van der Waals surface area contributed by atoms with Gasteiger partial charge in [0.05, 0.1) is 5.69 Å². The molecule has 0 aliphatic carbocycles. The van der Waals surface area contributed by atoms with Crippen LogP contribution in [0.5, 0.6) is 0 Å². The number of hydrogen-bond donors (Lipinski definition) is 1. The number of nitrogens with one attached hydrogen (secondary N) is 1. The smallest absolute Gasteiger partial charge is 0.297 e. The van der Waals surface area contributed by atoms with Crippen LogP contribution in [0.25, 0.3) is 0 Å². The van der Waals surface area contributed by atoms with Crippen molar-refractivity contribution in [3.8, 4) is 0 Å². The maximum Gasteiger partial charge on any atom is 0.297 e. The predicted molar refractivity (Wildman–Crippen MR) is 57.4 cm³/mol. The van der Waals surface area contributed by atoms with Crippen molar-refractivity contribution < 1.29 is 4.42 Å². The van der Waals surface area contributed by atoms with E-state index in [2.05, 4.69) is 23.8 Å². The fourth-order valence-electron chi connectivity index (χ4n) is 1.08. The monoisotopic (exact) mass is 195 g/mol. The van der Waals surface area contributed by atoms with Gasteiger partial charge in [-0.25, -0.2) is 0 Å². The summed E-state index contributed by atoms with van der Waals surface area (Å²) in [6.45, 7) is 8.14. The number of nitrogens with zero attached hydrogens (tertiary/aromatic N) is 2. The Morgan fingerprint density at radius 3 is 3.14 bits per heavy atom. The molecular formula is C10H17N3O. The largest absolute Gasteiger partial charge is 0.432 e. The molecule has 0 aromatic carbocycles. The lowest BCUT2D eigenvalue weighted by atomic mass is 10.5. The number of anilines is 1. The average Bonchev–Trinajstić information content (AvgIpc) is 2.63. The summed E-state index contributed by atoms with van der Waals surface area (Å²) in [7, 11) is 1.92. The Balaban J connectivity index is 2.53. The van der Waals surface area contributed by atoms with E-state index in [-0.39, 0.29) is 0 Å². The van der Waals surface area contributed by atoms with Gasteiger partial charge in [0, 0.05) is 20.1 Å². The van der Waals surface area contributed by atoms with E-state index >= 15 is 0 Å². The lowest BCUT2D eigenvalue weighted by molar-refractivity contribution is 0.549. The molecule has 4 heteroatoms. The van der Waals surface area contributed by atoms with Crippen LogP contribution < -0.4 is 10.2 Å². The highest BCUT2D eigenvalue weighted by Gasteiger charge is 2.06. The Morgan fingerprint density at radius 1 is 1.71 bits per heavy atom. The number of aromatic nitrogens is 1. The Bertz CT molecular complexity index is 283. The van der Waals surface area contributed by atoms with Crippen LogP contribution in [-0.4, -0.2) is 25.1 Å². The second-order valence-corrected chi connectivity index (χ2v) is 3.07. The molecule has 0 spiro atoms. The van der Waals surface area contributed by atoms with Gasteiger partial charge in [-0.1, -0.05) is 13.0 Å². The summed E-state index contributed by atoms with van der Waals surface area (Å²) in [5.74, 6) is 0. The maximum absolute atomic E-state index is 5.30. The molecule has 0 saturated carbocycles. The first-order valence-corrected chi connectivity index (χ1v) is 4.75. The Labute approximate surface area is 84.6 Å². The molecule has 1 aromatic heterocycles. The minimum Gasteiger partial charge on any atom is -0.432 e. The zero-order valence-corrected chi connectivity index (χ0v) is 8.79. The summed E-state index contributed by atoms with van der Waals surface area (Å²) in [4.78, 5) is 6.22. The molecular weight excluding hydrogens is 178 g/mol. The van der Waals surface area contributed by atoms with Gasteiger partial charge in [0.2, 0.25) is 0 Å². The molecule has 0 saturated heterocycles. The summed E-state index contributed by atoms with van der Waals surface area (Å²) >= 11 is 0. The van der Waals surface area contributed by atoms with Gasteiger partial charge in [0.25, 0.3) is 6.01 Å². The molecule has 1 heterocycles. The molecule has 0 fully saturated rings. The third kappa shape index (κ3) is 2.88. The molecule has 0 unspecified atom stereocenters. The Morgan fingerprint density at radius 2 is 2.50 bits per heavy atom. The molecule has 1 rings (SSSR count). The standard InChI is InChI=1S/C10H17N3O/c1-4-6-13(3)10-12-9(8-14-10)7-11-5-2/h4,8,11H,1,5-7H2,2-3H3. The number of rotatable bonds is 6. The molecule has 4 nitrogen and oxygen atoms in total. The van der Waals surface area contributed by atoms with Crippen LogP contribution in [0.3, 0.4) is 0 Å². The first-order chi connectivity index (χ1) is 6.77. The summed E-state index contributed by atoms with van der Waals surface area (Å²) in [6.07, 6.45) is 3.49. The molecule has 0 radical (unpaired) electrons. The van der Waals surface area contributed by atoms with E-state index in [0.717, 1.165) is 25.3 Å². The zero-order chi connectivity index (χ0) is 10.4. The summed E-state index contributed by atoms with van der Waals surface area (Å²) in [5.41, 5.74) is 0.928. The van der Waals surface area contributed by atoms with E-state index in [0.29, 0.717) is 6.01 Å². The van der Waals surface area contributed by atoms with Crippen molar-refractivity contribution in [3.05, 3.63) is 24.6 Å². The Hall–Kier alpha value is -1.29. The van der Waals surface area contributed by atoms with Crippen molar-refractivity contribution in [2.75, 3.05) is 25.0 Å². The predicted octanol–water partition coefficient (Wildman–Crippen LogP) is 1.41. The topological polar surface area (TPSA) is 41.3 Å². The molecule has 0 bridgehead atoms. The maximum atomic E-state index is 5.30. The van der Waals surface area contributed by atoms with E-state index in [1.54, 1.807) is 6.26 Å². The van der Waals surface area contributed by atoms with Crippen molar-refractivity contribution in [3.63, 3.8) is 0 Å². The van der Waals surface area contributed by atoms with Gasteiger partial charge in [-0.2, -0.15) is 4.98 Å². The molecule has 78 valence electrons. The van der Waals surface area contributed by atoms with Gasteiger partial charge in [0.15, 0.2) is 0 Å². The number of hydrogen-bond acceptors (Lipinski definition) is 4. The first kappa shape index (κ1) is 10.8. The van der Waals surface area contributed by atoms with Crippen molar-refractivity contribution in [2.24, 2.45) is 0 Å². The van der Waals surface area contributed by atoms with Crippen molar-refractivity contribution in [1.29, 1.82) is 0 Å². The second-order valence-electron chi connectivity index (χ2n) is 3.07. The van der Waals surface area contributed by atoms with Crippen LogP contribution in [0.4, 0.5) is 6.01 Å². The molecule has 14 heavy (non-hydrogen) atoms. The quantitative estimate of drug-likeness (QED) is 0.697. The molecule has 1 N–H and O–H groups in total. The number of likely N-dealkylation sites (N-methyl/N-ethyl adjacent to an activating group) is 1. The van der Waals surface area contributed by atoms with Gasteiger partial charge in [-0.05, 0) is 6.54 Å². The third-order valence-corrected chi connectivity index (χ3v) is 1.83. The highest BCUT2D eigenvalue weighted by molar-refractivity contribution is 5.26. The normalized spacial score (nSPS) is 10.1. The van der Waals surface area contributed by atoms with E-state index in [9.17, 15) is 0 Å². The minimum absolute atomic E-state index is 0.637. The van der Waals surface area contributed by atoms with Crippen LogP contribution in [0.1, 0.15) is 12.6 Å². The van der Waals surface area contributed by atoms with Gasteiger partial charge < -0.3 is 14.6 Å². The van der Waals surface area contributed by atoms with Crippen molar-refractivity contribution in [2.45, 2.75) is 13.5 Å². The van der Waals surface area contributed by atoms with Crippen LogP contribution in [0.2, 0.25) is 0 Å². The van der Waals surface area contributed by atoms with Gasteiger partial charge in [-0.15, -0.1) is 6.58 Å². The van der Waals surface area contributed by atoms with E-state index in [1.165, 1.54) is 0 Å². The first-order valence-electron chi connectivity index (χ1n) is 4.75. The molecule has 0 aliphatic heterocycles. The van der Waals surface area contributed by atoms with Gasteiger partial charge >= 0.3 is 0 Å². The Kier molecular flexibility index (Phi) is 4.19. The highest BCUT2D eigenvalue weighted by atomic mass is 16.4. The molecule has 1 aromatic rings. The average molecular weight is 195 g/mol. The van der Waals surface area contributed by atoms with E-state index < -0.39 is 0 Å². The van der Waals surface area contributed by atoms with Crippen molar-refractivity contribution >= 4 is 6.01 Å². The van der Waals surface area contributed by atoms with E-state index in [4.69, 9.17) is 4.42 Å². The highest BCUT2D eigenvalue weighted by Crippen LogP contribution is 2.11. The number of oxazole rings is 1. The fraction of sp³-hybridized carbons (Fsp3) is 0.500. The van der Waals surface area contributed by atoms with Crippen LogP contribution in [0, 0.1) is 0 Å². The summed E-state index contributed by atoms with van der Waals surface area (Å²) in [6, 6.07) is 0.637.